The monoisotopic (exact) mass is 302 g/mol. The second-order valence-corrected chi connectivity index (χ2v) is 6.04. The zero-order valence-corrected chi connectivity index (χ0v) is 12.5. The van der Waals surface area contributed by atoms with Gasteiger partial charge in [0.05, 0.1) is 4.91 Å². The Bertz CT molecular complexity index is 694. The number of hydrogen-bond donors (Lipinski definition) is 1. The summed E-state index contributed by atoms with van der Waals surface area (Å²) in [7, 11) is 0. The second kappa shape index (κ2) is 5.37. The molecule has 0 saturated carbocycles. The van der Waals surface area contributed by atoms with Gasteiger partial charge in [0.2, 0.25) is 5.91 Å². The highest BCUT2D eigenvalue weighted by Crippen LogP contribution is 2.32. The minimum Gasteiger partial charge on any atom is -0.490 e. The summed E-state index contributed by atoms with van der Waals surface area (Å²) in [4.78, 5) is 27.1. The Kier molecular flexibility index (Phi) is 3.55. The SMILES string of the molecule is CC(=O)NC1=NC(=O)/C(=C\c2ccc3c(c2)C[C@@H](C)O3)S1. The molecular formula is C15H14N2O3S. The van der Waals surface area contributed by atoms with Gasteiger partial charge in [-0.25, -0.2) is 0 Å². The van der Waals surface area contributed by atoms with Crippen LogP contribution in [-0.2, 0) is 16.0 Å². The number of hydrogen-bond acceptors (Lipinski definition) is 4. The number of carbonyl (C=O) groups excluding carboxylic acids is 2. The molecule has 1 N–H and O–H groups in total. The van der Waals surface area contributed by atoms with Gasteiger partial charge in [0, 0.05) is 13.3 Å². The van der Waals surface area contributed by atoms with E-state index in [2.05, 4.69) is 10.3 Å². The van der Waals surface area contributed by atoms with E-state index in [1.165, 1.54) is 18.7 Å². The van der Waals surface area contributed by atoms with E-state index in [9.17, 15) is 9.59 Å². The average molecular weight is 302 g/mol. The molecule has 6 heteroatoms. The van der Waals surface area contributed by atoms with Crippen molar-refractivity contribution in [1.82, 2.24) is 5.32 Å². The molecular weight excluding hydrogens is 288 g/mol. The van der Waals surface area contributed by atoms with Gasteiger partial charge >= 0.3 is 0 Å². The van der Waals surface area contributed by atoms with E-state index >= 15 is 0 Å². The summed E-state index contributed by atoms with van der Waals surface area (Å²) in [5.41, 5.74) is 2.08. The molecule has 1 aromatic rings. The molecule has 21 heavy (non-hydrogen) atoms. The molecule has 2 amide bonds. The standard InChI is InChI=1S/C15H14N2O3S/c1-8-5-11-6-10(3-4-12(11)20-8)7-13-14(19)17-15(21-13)16-9(2)18/h3-4,6-8H,5H2,1-2H3,(H,16,17,18,19)/b13-7+/t8-/m1/s1. The molecule has 2 heterocycles. The molecule has 3 rings (SSSR count). The lowest BCUT2D eigenvalue weighted by atomic mass is 10.1. The highest BCUT2D eigenvalue weighted by Gasteiger charge is 2.23. The van der Waals surface area contributed by atoms with Crippen LogP contribution in [0.15, 0.2) is 28.1 Å². The molecule has 0 unspecified atom stereocenters. The summed E-state index contributed by atoms with van der Waals surface area (Å²) in [5, 5.41) is 2.86. The van der Waals surface area contributed by atoms with Crippen molar-refractivity contribution in [3.63, 3.8) is 0 Å². The van der Waals surface area contributed by atoms with E-state index in [1.807, 2.05) is 25.1 Å². The summed E-state index contributed by atoms with van der Waals surface area (Å²) < 4.78 is 5.65. The van der Waals surface area contributed by atoms with E-state index in [-0.39, 0.29) is 17.9 Å². The van der Waals surface area contributed by atoms with Gasteiger partial charge in [-0.2, -0.15) is 4.99 Å². The summed E-state index contributed by atoms with van der Waals surface area (Å²) in [6.07, 6.45) is 2.86. The first-order valence-corrected chi connectivity index (χ1v) is 7.42. The van der Waals surface area contributed by atoms with Gasteiger partial charge < -0.3 is 10.1 Å². The Balaban J connectivity index is 1.79. The number of nitrogens with zero attached hydrogens (tertiary/aromatic N) is 1. The molecule has 0 aromatic heterocycles. The molecule has 0 radical (unpaired) electrons. The first-order chi connectivity index (χ1) is 10.0. The van der Waals surface area contributed by atoms with Crippen LogP contribution in [0.25, 0.3) is 6.08 Å². The number of amides is 2. The molecule has 108 valence electrons. The van der Waals surface area contributed by atoms with Crippen LogP contribution in [0.3, 0.4) is 0 Å². The van der Waals surface area contributed by atoms with Crippen molar-refractivity contribution in [1.29, 1.82) is 0 Å². The fraction of sp³-hybridized carbons (Fsp3) is 0.267. The van der Waals surface area contributed by atoms with Crippen molar-refractivity contribution in [2.24, 2.45) is 4.99 Å². The predicted octanol–water partition coefficient (Wildman–Crippen LogP) is 2.12. The number of amidine groups is 1. The summed E-state index contributed by atoms with van der Waals surface area (Å²) in [5.74, 6) is 0.345. The Labute approximate surface area is 126 Å². The third kappa shape index (κ3) is 3.00. The third-order valence-electron chi connectivity index (χ3n) is 3.12. The largest absolute Gasteiger partial charge is 0.490 e. The first kappa shape index (κ1) is 13.9. The number of fused-ring (bicyclic) bond motifs is 1. The summed E-state index contributed by atoms with van der Waals surface area (Å²) in [6, 6.07) is 5.86. The fourth-order valence-corrected chi connectivity index (χ4v) is 3.16. The molecule has 0 bridgehead atoms. The number of nitrogens with one attached hydrogen (secondary N) is 1. The van der Waals surface area contributed by atoms with Gasteiger partial charge in [0.25, 0.3) is 5.91 Å². The predicted molar refractivity (Wildman–Crippen MR) is 82.1 cm³/mol. The van der Waals surface area contributed by atoms with Crippen molar-refractivity contribution in [3.05, 3.63) is 34.2 Å². The van der Waals surface area contributed by atoms with E-state index < -0.39 is 0 Å². The van der Waals surface area contributed by atoms with Crippen LogP contribution in [0, 0.1) is 0 Å². The quantitative estimate of drug-likeness (QED) is 0.807. The number of thioether (sulfide) groups is 1. The van der Waals surface area contributed by atoms with Crippen LogP contribution in [-0.4, -0.2) is 23.1 Å². The fourth-order valence-electron chi connectivity index (χ4n) is 2.30. The normalized spacial score (nSPS) is 22.0. The van der Waals surface area contributed by atoms with Crippen LogP contribution in [0.1, 0.15) is 25.0 Å². The molecule has 0 spiro atoms. The summed E-state index contributed by atoms with van der Waals surface area (Å²) >= 11 is 1.17. The van der Waals surface area contributed by atoms with Gasteiger partial charge in [-0.15, -0.1) is 0 Å². The Morgan fingerprint density at radius 3 is 3.10 bits per heavy atom. The molecule has 1 atom stereocenters. The third-order valence-corrected chi connectivity index (χ3v) is 4.02. The maximum atomic E-state index is 11.8. The molecule has 0 saturated heterocycles. The van der Waals surface area contributed by atoms with Crippen LogP contribution in [0.4, 0.5) is 0 Å². The van der Waals surface area contributed by atoms with Gasteiger partial charge in [-0.3, -0.25) is 9.59 Å². The number of ether oxygens (including phenoxy) is 1. The number of aliphatic imine (C=N–C) groups is 1. The zero-order chi connectivity index (χ0) is 15.0. The smallest absolute Gasteiger partial charge is 0.286 e. The van der Waals surface area contributed by atoms with Gasteiger partial charge in [0.15, 0.2) is 5.17 Å². The maximum Gasteiger partial charge on any atom is 0.286 e. The van der Waals surface area contributed by atoms with Crippen LogP contribution >= 0.6 is 11.8 Å². The van der Waals surface area contributed by atoms with Crippen molar-refractivity contribution >= 4 is 34.8 Å². The van der Waals surface area contributed by atoms with Gasteiger partial charge in [0.1, 0.15) is 11.9 Å². The number of benzene rings is 1. The molecule has 0 aliphatic carbocycles. The second-order valence-electron chi connectivity index (χ2n) is 5.01. The zero-order valence-electron chi connectivity index (χ0n) is 11.7. The van der Waals surface area contributed by atoms with Crippen LogP contribution in [0.5, 0.6) is 5.75 Å². The highest BCUT2D eigenvalue weighted by molar-refractivity contribution is 8.18. The van der Waals surface area contributed by atoms with E-state index in [4.69, 9.17) is 4.74 Å². The average Bonchev–Trinajstić information content (AvgIpc) is 2.91. The Morgan fingerprint density at radius 2 is 2.33 bits per heavy atom. The molecule has 2 aliphatic rings. The van der Waals surface area contributed by atoms with Crippen molar-refractivity contribution in [2.45, 2.75) is 26.4 Å². The van der Waals surface area contributed by atoms with E-state index in [0.717, 1.165) is 23.3 Å². The topological polar surface area (TPSA) is 67.8 Å². The van der Waals surface area contributed by atoms with Gasteiger partial charge in [-0.1, -0.05) is 6.07 Å². The highest BCUT2D eigenvalue weighted by atomic mass is 32.2. The maximum absolute atomic E-state index is 11.8. The molecule has 1 aromatic carbocycles. The van der Waals surface area contributed by atoms with Gasteiger partial charge in [-0.05, 0) is 48.0 Å². The van der Waals surface area contributed by atoms with E-state index in [0.29, 0.717) is 10.1 Å². The van der Waals surface area contributed by atoms with Crippen LogP contribution < -0.4 is 10.1 Å². The lowest BCUT2D eigenvalue weighted by Gasteiger charge is -2.02. The number of rotatable bonds is 1. The lowest BCUT2D eigenvalue weighted by molar-refractivity contribution is -0.117. The molecule has 2 aliphatic heterocycles. The summed E-state index contributed by atoms with van der Waals surface area (Å²) in [6.45, 7) is 3.42. The molecule has 0 fully saturated rings. The first-order valence-electron chi connectivity index (χ1n) is 6.61. The van der Waals surface area contributed by atoms with Crippen molar-refractivity contribution in [2.75, 3.05) is 0 Å². The van der Waals surface area contributed by atoms with E-state index in [1.54, 1.807) is 6.08 Å². The van der Waals surface area contributed by atoms with Crippen molar-refractivity contribution in [3.8, 4) is 5.75 Å². The van der Waals surface area contributed by atoms with Crippen molar-refractivity contribution < 1.29 is 14.3 Å². The van der Waals surface area contributed by atoms with Crippen LogP contribution in [0.2, 0.25) is 0 Å². The minimum atomic E-state index is -0.325. The Hall–Kier alpha value is -2.08. The lowest BCUT2D eigenvalue weighted by Crippen LogP contribution is -2.23. The Morgan fingerprint density at radius 1 is 1.52 bits per heavy atom. The number of carbonyl (C=O) groups is 2. The molecule has 5 nitrogen and oxygen atoms in total. The minimum absolute atomic E-state index is 0.195.